The summed E-state index contributed by atoms with van der Waals surface area (Å²) in [6.07, 6.45) is -1.34. The molecule has 1 rings (SSSR count). The van der Waals surface area contributed by atoms with E-state index in [9.17, 15) is 13.2 Å². The molecule has 1 aromatic heterocycles. The Morgan fingerprint density at radius 2 is 2.18 bits per heavy atom. The zero-order valence-electron chi connectivity index (χ0n) is 9.25. The van der Waals surface area contributed by atoms with E-state index in [2.05, 4.69) is 15.3 Å². The van der Waals surface area contributed by atoms with Gasteiger partial charge >= 0.3 is 6.18 Å². The standard InChI is InChI=1S/C9H12F3N3OS/c1-5(9(10,11)12)14-7-6(4-16)3-13-8(15-7)17-2/h3,5,16H,4H2,1-2H3,(H,13,14,15)/t5-/m0/s1. The Morgan fingerprint density at radius 1 is 1.53 bits per heavy atom. The zero-order valence-corrected chi connectivity index (χ0v) is 10.1. The van der Waals surface area contributed by atoms with Crippen LogP contribution < -0.4 is 5.32 Å². The molecule has 1 aromatic rings. The quantitative estimate of drug-likeness (QED) is 0.646. The highest BCUT2D eigenvalue weighted by molar-refractivity contribution is 7.98. The van der Waals surface area contributed by atoms with Crippen molar-refractivity contribution in [2.75, 3.05) is 11.6 Å². The molecule has 0 amide bonds. The number of halogens is 3. The number of nitrogens with one attached hydrogen (secondary N) is 1. The molecule has 0 bridgehead atoms. The number of nitrogens with zero attached hydrogens (tertiary/aromatic N) is 2. The first-order valence-electron chi connectivity index (χ1n) is 4.72. The van der Waals surface area contributed by atoms with Crippen LogP contribution >= 0.6 is 11.8 Å². The highest BCUT2D eigenvalue weighted by Gasteiger charge is 2.36. The van der Waals surface area contributed by atoms with Gasteiger partial charge in [0.2, 0.25) is 0 Å². The van der Waals surface area contributed by atoms with Gasteiger partial charge in [0, 0.05) is 11.8 Å². The van der Waals surface area contributed by atoms with Crippen molar-refractivity contribution in [2.45, 2.75) is 30.9 Å². The lowest BCUT2D eigenvalue weighted by molar-refractivity contribution is -0.138. The molecule has 0 saturated carbocycles. The van der Waals surface area contributed by atoms with Gasteiger partial charge in [0.25, 0.3) is 0 Å². The van der Waals surface area contributed by atoms with Crippen molar-refractivity contribution in [1.29, 1.82) is 0 Å². The second kappa shape index (κ2) is 5.54. The van der Waals surface area contributed by atoms with E-state index < -0.39 is 18.8 Å². The summed E-state index contributed by atoms with van der Waals surface area (Å²) < 4.78 is 37.1. The fourth-order valence-electron chi connectivity index (χ4n) is 1.02. The Kier molecular flexibility index (Phi) is 4.58. The molecule has 0 aliphatic carbocycles. The van der Waals surface area contributed by atoms with Crippen LogP contribution in [-0.2, 0) is 6.61 Å². The summed E-state index contributed by atoms with van der Waals surface area (Å²) in [6, 6.07) is -1.74. The lowest BCUT2D eigenvalue weighted by Crippen LogP contribution is -2.33. The number of anilines is 1. The molecule has 2 N–H and O–H groups in total. The van der Waals surface area contributed by atoms with Crippen LogP contribution in [0.3, 0.4) is 0 Å². The van der Waals surface area contributed by atoms with Crippen LogP contribution in [0.15, 0.2) is 11.4 Å². The van der Waals surface area contributed by atoms with Crippen LogP contribution in [0, 0.1) is 0 Å². The highest BCUT2D eigenvalue weighted by atomic mass is 32.2. The normalized spacial score (nSPS) is 13.5. The Hall–Kier alpha value is -1.02. The number of aliphatic hydroxyl groups is 1. The molecule has 1 heterocycles. The Morgan fingerprint density at radius 3 is 2.65 bits per heavy atom. The van der Waals surface area contributed by atoms with E-state index in [-0.39, 0.29) is 11.4 Å². The molecule has 17 heavy (non-hydrogen) atoms. The smallest absolute Gasteiger partial charge is 0.391 e. The van der Waals surface area contributed by atoms with Crippen molar-refractivity contribution in [3.8, 4) is 0 Å². The summed E-state index contributed by atoms with van der Waals surface area (Å²) in [6.45, 7) is 0.573. The van der Waals surface area contributed by atoms with Gasteiger partial charge in [0.15, 0.2) is 5.16 Å². The predicted octanol–water partition coefficient (Wildman–Crippen LogP) is 2.05. The van der Waals surface area contributed by atoms with E-state index in [4.69, 9.17) is 5.11 Å². The van der Waals surface area contributed by atoms with Crippen molar-refractivity contribution in [3.63, 3.8) is 0 Å². The van der Waals surface area contributed by atoms with Crippen molar-refractivity contribution >= 4 is 17.6 Å². The number of hydrogen-bond donors (Lipinski definition) is 2. The number of alkyl halides is 3. The maximum Gasteiger partial charge on any atom is 0.408 e. The molecule has 0 aliphatic heterocycles. The Labute approximate surface area is 101 Å². The third-order valence-corrected chi connectivity index (χ3v) is 2.60. The summed E-state index contributed by atoms with van der Waals surface area (Å²) in [7, 11) is 0. The van der Waals surface area contributed by atoms with Crippen molar-refractivity contribution in [1.82, 2.24) is 9.97 Å². The number of hydrogen-bond acceptors (Lipinski definition) is 5. The van der Waals surface area contributed by atoms with Crippen LogP contribution in [-0.4, -0.2) is 33.5 Å². The summed E-state index contributed by atoms with van der Waals surface area (Å²) in [4.78, 5) is 7.76. The van der Waals surface area contributed by atoms with Crippen LogP contribution in [0.4, 0.5) is 19.0 Å². The van der Waals surface area contributed by atoms with Crippen LogP contribution in [0.5, 0.6) is 0 Å². The largest absolute Gasteiger partial charge is 0.408 e. The van der Waals surface area contributed by atoms with Crippen LogP contribution in [0.25, 0.3) is 0 Å². The molecule has 4 nitrogen and oxygen atoms in total. The summed E-state index contributed by atoms with van der Waals surface area (Å²) in [5, 5.41) is 11.6. The third kappa shape index (κ3) is 3.74. The van der Waals surface area contributed by atoms with E-state index in [1.807, 2.05) is 0 Å². The number of rotatable bonds is 4. The van der Waals surface area contributed by atoms with E-state index in [1.54, 1.807) is 6.26 Å². The molecule has 1 atom stereocenters. The molecule has 0 spiro atoms. The SMILES string of the molecule is CSc1ncc(CO)c(N[C@@H](C)C(F)(F)F)n1. The molecule has 0 fully saturated rings. The molecule has 0 unspecified atom stereocenters. The van der Waals surface area contributed by atoms with Gasteiger partial charge in [-0.15, -0.1) is 0 Å². The van der Waals surface area contributed by atoms with E-state index >= 15 is 0 Å². The summed E-state index contributed by atoms with van der Waals surface area (Å²) >= 11 is 1.21. The van der Waals surface area contributed by atoms with Gasteiger partial charge in [-0.25, -0.2) is 9.97 Å². The first-order valence-corrected chi connectivity index (χ1v) is 5.95. The number of thioether (sulfide) groups is 1. The summed E-state index contributed by atoms with van der Waals surface area (Å²) in [5.41, 5.74) is 0.235. The second-order valence-electron chi connectivity index (χ2n) is 3.30. The fourth-order valence-corrected chi connectivity index (χ4v) is 1.36. The average Bonchev–Trinajstić information content (AvgIpc) is 2.27. The average molecular weight is 267 g/mol. The lowest BCUT2D eigenvalue weighted by Gasteiger charge is -2.19. The monoisotopic (exact) mass is 267 g/mol. The molecular formula is C9H12F3N3OS. The topological polar surface area (TPSA) is 58.0 Å². The van der Waals surface area contributed by atoms with E-state index in [0.29, 0.717) is 5.16 Å². The van der Waals surface area contributed by atoms with Gasteiger partial charge in [-0.2, -0.15) is 13.2 Å². The lowest BCUT2D eigenvalue weighted by atomic mass is 10.3. The van der Waals surface area contributed by atoms with Crippen molar-refractivity contribution < 1.29 is 18.3 Å². The van der Waals surface area contributed by atoms with E-state index in [1.165, 1.54) is 18.0 Å². The maximum atomic E-state index is 12.4. The first-order chi connectivity index (χ1) is 7.88. The fraction of sp³-hybridized carbons (Fsp3) is 0.556. The molecule has 0 aliphatic rings. The highest BCUT2D eigenvalue weighted by Crippen LogP contribution is 2.24. The second-order valence-corrected chi connectivity index (χ2v) is 4.07. The predicted molar refractivity (Wildman–Crippen MR) is 58.9 cm³/mol. The Bertz CT molecular complexity index is 386. The van der Waals surface area contributed by atoms with Gasteiger partial charge in [-0.05, 0) is 13.2 Å². The van der Waals surface area contributed by atoms with Gasteiger partial charge in [-0.1, -0.05) is 11.8 Å². The molecular weight excluding hydrogens is 255 g/mol. The summed E-state index contributed by atoms with van der Waals surface area (Å²) in [5.74, 6) is 0.0108. The molecule has 0 aromatic carbocycles. The zero-order chi connectivity index (χ0) is 13.1. The van der Waals surface area contributed by atoms with Gasteiger partial charge in [0.05, 0.1) is 6.61 Å². The minimum atomic E-state index is -4.36. The maximum absolute atomic E-state index is 12.4. The van der Waals surface area contributed by atoms with Gasteiger partial charge in [0.1, 0.15) is 11.9 Å². The minimum absolute atomic E-state index is 0.0108. The van der Waals surface area contributed by atoms with Crippen molar-refractivity contribution in [2.24, 2.45) is 0 Å². The van der Waals surface area contributed by atoms with Crippen molar-refractivity contribution in [3.05, 3.63) is 11.8 Å². The number of aliphatic hydroxyl groups excluding tert-OH is 1. The molecule has 0 saturated heterocycles. The third-order valence-electron chi connectivity index (χ3n) is 2.04. The van der Waals surface area contributed by atoms with E-state index in [0.717, 1.165) is 6.92 Å². The minimum Gasteiger partial charge on any atom is -0.391 e. The first kappa shape index (κ1) is 14.0. The Balaban J connectivity index is 2.95. The molecule has 8 heteroatoms. The van der Waals surface area contributed by atoms with Crippen LogP contribution in [0.2, 0.25) is 0 Å². The van der Waals surface area contributed by atoms with Gasteiger partial charge in [-0.3, -0.25) is 0 Å². The van der Waals surface area contributed by atoms with Gasteiger partial charge < -0.3 is 10.4 Å². The molecule has 0 radical (unpaired) electrons. The van der Waals surface area contributed by atoms with Crippen LogP contribution in [0.1, 0.15) is 12.5 Å². The number of aromatic nitrogens is 2. The molecule has 96 valence electrons.